The van der Waals surface area contributed by atoms with Gasteiger partial charge in [0, 0.05) is 17.9 Å². The molecule has 6 heteroatoms. The number of aromatic nitrogens is 3. The number of hydrogen-bond acceptors (Lipinski definition) is 6. The van der Waals surface area contributed by atoms with Crippen LogP contribution in [0.5, 0.6) is 0 Å². The van der Waals surface area contributed by atoms with Crippen LogP contribution in [0.3, 0.4) is 0 Å². The Morgan fingerprint density at radius 2 is 2.18 bits per heavy atom. The maximum absolute atomic E-state index is 5.70. The van der Waals surface area contributed by atoms with Gasteiger partial charge < -0.3 is 11.1 Å². The van der Waals surface area contributed by atoms with Gasteiger partial charge in [0.2, 0.25) is 0 Å². The molecule has 0 amide bonds. The lowest BCUT2D eigenvalue weighted by Gasteiger charge is -2.06. The van der Waals surface area contributed by atoms with Gasteiger partial charge in [0.05, 0.1) is 17.2 Å². The second kappa shape index (κ2) is 5.09. The van der Waals surface area contributed by atoms with E-state index in [9.17, 15) is 0 Å². The second-order valence-corrected chi connectivity index (χ2v) is 4.72. The van der Waals surface area contributed by atoms with Crippen LogP contribution in [0, 0.1) is 6.92 Å². The summed E-state index contributed by atoms with van der Waals surface area (Å²) in [5.74, 6) is 2.00. The maximum atomic E-state index is 5.70. The van der Waals surface area contributed by atoms with Gasteiger partial charge in [-0.1, -0.05) is 6.92 Å². The van der Waals surface area contributed by atoms with Crippen LogP contribution in [0.2, 0.25) is 0 Å². The molecule has 2 heterocycles. The number of nitrogens with one attached hydrogen (secondary N) is 1. The minimum absolute atomic E-state index is 0.494. The molecule has 0 aliphatic carbocycles. The van der Waals surface area contributed by atoms with Gasteiger partial charge in [0.25, 0.3) is 0 Å². The first-order valence-corrected chi connectivity index (χ1v) is 6.33. The minimum atomic E-state index is 0.494. The lowest BCUT2D eigenvalue weighted by atomic mass is 10.4. The molecule has 0 spiro atoms. The fourth-order valence-electron chi connectivity index (χ4n) is 1.44. The lowest BCUT2D eigenvalue weighted by Crippen LogP contribution is -2.06. The summed E-state index contributed by atoms with van der Waals surface area (Å²) in [6.45, 7) is 4.65. The van der Waals surface area contributed by atoms with Gasteiger partial charge in [-0.25, -0.2) is 15.0 Å². The van der Waals surface area contributed by atoms with Crippen molar-refractivity contribution in [3.8, 4) is 0 Å². The number of rotatable bonds is 4. The molecule has 0 aliphatic rings. The van der Waals surface area contributed by atoms with Gasteiger partial charge in [0.1, 0.15) is 17.5 Å². The molecule has 0 fully saturated rings. The lowest BCUT2D eigenvalue weighted by molar-refractivity contribution is 0.933. The van der Waals surface area contributed by atoms with E-state index >= 15 is 0 Å². The summed E-state index contributed by atoms with van der Waals surface area (Å²) >= 11 is 1.64. The van der Waals surface area contributed by atoms with Crippen molar-refractivity contribution in [1.29, 1.82) is 0 Å². The van der Waals surface area contributed by atoms with Crippen LogP contribution in [0.4, 0.5) is 11.6 Å². The fourth-order valence-corrected chi connectivity index (χ4v) is 2.05. The minimum Gasteiger partial charge on any atom is -0.384 e. The highest BCUT2D eigenvalue weighted by Gasteiger charge is 2.02. The van der Waals surface area contributed by atoms with Crippen molar-refractivity contribution < 1.29 is 0 Å². The third-order valence-electron chi connectivity index (χ3n) is 2.23. The summed E-state index contributed by atoms with van der Waals surface area (Å²) in [5, 5.41) is 6.31. The van der Waals surface area contributed by atoms with Crippen molar-refractivity contribution in [2.45, 2.75) is 26.8 Å². The van der Waals surface area contributed by atoms with Crippen LogP contribution in [0.15, 0.2) is 11.4 Å². The molecule has 90 valence electrons. The van der Waals surface area contributed by atoms with Crippen molar-refractivity contribution in [3.63, 3.8) is 0 Å². The molecule has 17 heavy (non-hydrogen) atoms. The van der Waals surface area contributed by atoms with Gasteiger partial charge in [0.15, 0.2) is 0 Å². The zero-order valence-corrected chi connectivity index (χ0v) is 10.7. The van der Waals surface area contributed by atoms with Crippen LogP contribution >= 0.6 is 11.3 Å². The van der Waals surface area contributed by atoms with Crippen molar-refractivity contribution in [3.05, 3.63) is 28.0 Å². The average Bonchev–Trinajstić information content (AvgIpc) is 2.72. The Balaban J connectivity index is 2.05. The number of anilines is 2. The van der Waals surface area contributed by atoms with Gasteiger partial charge in [-0.15, -0.1) is 11.3 Å². The van der Waals surface area contributed by atoms with E-state index in [4.69, 9.17) is 5.73 Å². The van der Waals surface area contributed by atoms with Crippen LogP contribution in [0.25, 0.3) is 0 Å². The van der Waals surface area contributed by atoms with Crippen LogP contribution in [-0.4, -0.2) is 15.0 Å². The molecule has 0 bridgehead atoms. The van der Waals surface area contributed by atoms with Crippen molar-refractivity contribution >= 4 is 23.0 Å². The Bertz CT molecular complexity index is 508. The number of nitrogens with zero attached hydrogens (tertiary/aromatic N) is 3. The Morgan fingerprint density at radius 3 is 2.82 bits per heavy atom. The molecule has 2 aromatic heterocycles. The predicted molar refractivity (Wildman–Crippen MR) is 70.0 cm³/mol. The van der Waals surface area contributed by atoms with E-state index in [1.807, 2.05) is 19.2 Å². The summed E-state index contributed by atoms with van der Waals surface area (Å²) < 4.78 is 0. The monoisotopic (exact) mass is 249 g/mol. The third kappa shape index (κ3) is 3.13. The van der Waals surface area contributed by atoms with E-state index in [1.54, 1.807) is 17.4 Å². The number of hydrogen-bond donors (Lipinski definition) is 2. The van der Waals surface area contributed by atoms with E-state index in [1.165, 1.54) is 0 Å². The summed E-state index contributed by atoms with van der Waals surface area (Å²) in [6, 6.07) is 1.73. The molecule has 0 atom stereocenters. The zero-order valence-electron chi connectivity index (χ0n) is 9.90. The zero-order chi connectivity index (χ0) is 12.3. The first-order valence-electron chi connectivity index (χ1n) is 5.45. The smallest absolute Gasteiger partial charge is 0.132 e. The topological polar surface area (TPSA) is 76.7 Å². The SMILES string of the molecule is CCc1nc(N)cc(NCc2csc(C)n2)n1. The number of aryl methyl sites for hydroxylation is 2. The normalized spacial score (nSPS) is 10.5. The van der Waals surface area contributed by atoms with Gasteiger partial charge >= 0.3 is 0 Å². The molecular formula is C11H15N5S. The van der Waals surface area contributed by atoms with E-state index < -0.39 is 0 Å². The number of thiazole rings is 1. The quantitative estimate of drug-likeness (QED) is 0.866. The molecule has 0 aromatic carbocycles. The van der Waals surface area contributed by atoms with Crippen LogP contribution in [0.1, 0.15) is 23.4 Å². The largest absolute Gasteiger partial charge is 0.384 e. The first-order chi connectivity index (χ1) is 8.17. The summed E-state index contributed by atoms with van der Waals surface area (Å²) in [7, 11) is 0. The average molecular weight is 249 g/mol. The Hall–Kier alpha value is -1.69. The highest BCUT2D eigenvalue weighted by molar-refractivity contribution is 7.09. The maximum Gasteiger partial charge on any atom is 0.132 e. The second-order valence-electron chi connectivity index (χ2n) is 3.66. The van der Waals surface area contributed by atoms with Gasteiger partial charge in [-0.2, -0.15) is 0 Å². The molecule has 0 radical (unpaired) electrons. The van der Waals surface area contributed by atoms with Crippen LogP contribution < -0.4 is 11.1 Å². The van der Waals surface area contributed by atoms with Crippen molar-refractivity contribution in [2.75, 3.05) is 11.1 Å². The Labute approximate surface area is 104 Å². The first kappa shape index (κ1) is 11.8. The molecule has 0 unspecified atom stereocenters. The highest BCUT2D eigenvalue weighted by Crippen LogP contribution is 2.12. The number of nitrogen functional groups attached to an aromatic ring is 1. The van der Waals surface area contributed by atoms with E-state index in [-0.39, 0.29) is 0 Å². The van der Waals surface area contributed by atoms with Crippen molar-refractivity contribution in [2.24, 2.45) is 0 Å². The molecule has 2 aromatic rings. The standard InChI is InChI=1S/C11H15N5S/c1-3-10-15-9(12)4-11(16-10)13-5-8-6-17-7(2)14-8/h4,6H,3,5H2,1-2H3,(H3,12,13,15,16). The van der Waals surface area contributed by atoms with Crippen molar-refractivity contribution in [1.82, 2.24) is 15.0 Å². The summed E-state index contributed by atoms with van der Waals surface area (Å²) in [6.07, 6.45) is 0.773. The molecule has 0 saturated heterocycles. The Morgan fingerprint density at radius 1 is 1.35 bits per heavy atom. The molecule has 0 aliphatic heterocycles. The highest BCUT2D eigenvalue weighted by atomic mass is 32.1. The fraction of sp³-hybridized carbons (Fsp3) is 0.364. The molecular weight excluding hydrogens is 234 g/mol. The third-order valence-corrected chi connectivity index (χ3v) is 3.05. The van der Waals surface area contributed by atoms with E-state index in [2.05, 4.69) is 20.3 Å². The van der Waals surface area contributed by atoms with Crippen LogP contribution in [-0.2, 0) is 13.0 Å². The summed E-state index contributed by atoms with van der Waals surface area (Å²) in [5.41, 5.74) is 6.72. The van der Waals surface area contributed by atoms with Gasteiger partial charge in [-0.05, 0) is 6.92 Å². The molecule has 0 saturated carbocycles. The molecule has 3 N–H and O–H groups in total. The molecule has 2 rings (SSSR count). The summed E-state index contributed by atoms with van der Waals surface area (Å²) in [4.78, 5) is 12.8. The van der Waals surface area contributed by atoms with E-state index in [0.29, 0.717) is 12.4 Å². The predicted octanol–water partition coefficient (Wildman–Crippen LogP) is 2.00. The van der Waals surface area contributed by atoms with E-state index in [0.717, 1.165) is 28.8 Å². The number of nitrogens with two attached hydrogens (primary N) is 1. The van der Waals surface area contributed by atoms with Gasteiger partial charge in [-0.3, -0.25) is 0 Å². The molecule has 5 nitrogen and oxygen atoms in total. The Kier molecular flexibility index (Phi) is 3.53.